The van der Waals surface area contributed by atoms with Crippen LogP contribution < -0.4 is 15.0 Å². The zero-order chi connectivity index (χ0) is 33.2. The molecule has 1 saturated heterocycles. The number of aliphatic imine (C=N–C) groups is 1. The quantitative estimate of drug-likeness (QED) is 0.213. The molecule has 46 heavy (non-hydrogen) atoms. The van der Waals surface area contributed by atoms with Gasteiger partial charge in [0.15, 0.2) is 11.0 Å². The van der Waals surface area contributed by atoms with Crippen molar-refractivity contribution in [2.45, 2.75) is 25.6 Å². The number of urea groups is 1. The SMILES string of the molecule is Cc1ccc(C(F)(F)F)c(N2C(=O)CS/C2=N\C(=O)NCC(F)c2ccc(-c3ncn(-c4ccc(OC(F)(F)F)cc4)n3)cc2)c1. The first-order chi connectivity index (χ1) is 21.7. The number of aromatic nitrogens is 3. The van der Waals surface area contributed by atoms with Crippen LogP contribution in [-0.4, -0.2) is 50.5 Å². The van der Waals surface area contributed by atoms with Crippen molar-refractivity contribution in [3.05, 3.63) is 89.7 Å². The first kappa shape index (κ1) is 32.5. The number of amides is 3. The standard InChI is InChI=1S/C29H21F7N6O3S/c1-16-2-11-21(28(31,32)33)23(12-16)42-24(43)14-46-27(42)39-26(44)37-13-22(30)17-3-5-18(6-4-17)25-38-15-41(40-25)19-7-9-20(10-8-19)45-29(34,35)36/h2-12,15,22H,13-14H2,1H3,(H,37,44)/b39-27-. The number of alkyl halides is 7. The van der Waals surface area contributed by atoms with E-state index in [9.17, 15) is 40.3 Å². The topological polar surface area (TPSA) is 102 Å². The Labute approximate surface area is 260 Å². The third kappa shape index (κ3) is 7.64. The van der Waals surface area contributed by atoms with Gasteiger partial charge in [-0.1, -0.05) is 42.1 Å². The van der Waals surface area contributed by atoms with Gasteiger partial charge < -0.3 is 10.1 Å². The first-order valence-electron chi connectivity index (χ1n) is 13.2. The number of rotatable bonds is 7. The van der Waals surface area contributed by atoms with Crippen LogP contribution in [0.25, 0.3) is 17.1 Å². The summed E-state index contributed by atoms with van der Waals surface area (Å²) < 4.78 is 98.1. The van der Waals surface area contributed by atoms with Crippen molar-refractivity contribution in [3.8, 4) is 22.8 Å². The van der Waals surface area contributed by atoms with Crippen LogP contribution in [0.2, 0.25) is 0 Å². The third-order valence-corrected chi connectivity index (χ3v) is 7.38. The fourth-order valence-electron chi connectivity index (χ4n) is 4.33. The molecular weight excluding hydrogens is 645 g/mol. The fraction of sp³-hybridized carbons (Fsp3) is 0.207. The number of anilines is 1. The predicted molar refractivity (Wildman–Crippen MR) is 154 cm³/mol. The minimum absolute atomic E-state index is 0.179. The second-order valence-corrected chi connectivity index (χ2v) is 10.7. The van der Waals surface area contributed by atoms with Crippen LogP contribution in [0.15, 0.2) is 78.0 Å². The lowest BCUT2D eigenvalue weighted by Gasteiger charge is -2.21. The number of carbonyl (C=O) groups excluding carboxylic acids is 2. The molecule has 0 saturated carbocycles. The van der Waals surface area contributed by atoms with Gasteiger partial charge in [-0.25, -0.2) is 18.9 Å². The first-order valence-corrected chi connectivity index (χ1v) is 14.2. The highest BCUT2D eigenvalue weighted by Gasteiger charge is 2.40. The summed E-state index contributed by atoms with van der Waals surface area (Å²) in [5.41, 5.74) is 0.0315. The van der Waals surface area contributed by atoms with Crippen molar-refractivity contribution < 1.29 is 45.1 Å². The minimum atomic E-state index is -4.82. The molecule has 1 unspecified atom stereocenters. The molecule has 1 aromatic heterocycles. The Kier molecular flexibility index (Phi) is 9.05. The number of benzene rings is 3. The molecule has 0 spiro atoms. The van der Waals surface area contributed by atoms with Gasteiger partial charge in [0.1, 0.15) is 18.2 Å². The molecule has 0 bridgehead atoms. The number of amidine groups is 1. The summed E-state index contributed by atoms with van der Waals surface area (Å²) in [7, 11) is 0. The monoisotopic (exact) mass is 666 g/mol. The molecule has 1 atom stereocenters. The van der Waals surface area contributed by atoms with Crippen molar-refractivity contribution in [3.63, 3.8) is 0 Å². The highest BCUT2D eigenvalue weighted by molar-refractivity contribution is 8.15. The van der Waals surface area contributed by atoms with E-state index in [4.69, 9.17) is 0 Å². The summed E-state index contributed by atoms with van der Waals surface area (Å²) in [6, 6.07) is 13.1. The molecule has 4 aromatic rings. The van der Waals surface area contributed by atoms with E-state index in [-0.39, 0.29) is 22.3 Å². The van der Waals surface area contributed by atoms with Crippen molar-refractivity contribution >= 4 is 34.6 Å². The molecule has 1 aliphatic heterocycles. The number of aryl methyl sites for hydroxylation is 1. The van der Waals surface area contributed by atoms with E-state index in [0.29, 0.717) is 16.8 Å². The van der Waals surface area contributed by atoms with E-state index in [1.807, 2.05) is 0 Å². The van der Waals surface area contributed by atoms with E-state index in [1.54, 1.807) is 6.92 Å². The van der Waals surface area contributed by atoms with Gasteiger partial charge in [0.05, 0.1) is 29.2 Å². The van der Waals surface area contributed by atoms with Crippen LogP contribution in [0.4, 0.5) is 41.2 Å². The van der Waals surface area contributed by atoms with Crippen LogP contribution in [0.1, 0.15) is 22.9 Å². The number of carbonyl (C=O) groups is 2. The molecule has 3 aromatic carbocycles. The number of hydrogen-bond donors (Lipinski definition) is 1. The summed E-state index contributed by atoms with van der Waals surface area (Å²) in [6.45, 7) is 1.04. The predicted octanol–water partition coefficient (Wildman–Crippen LogP) is 7.02. The van der Waals surface area contributed by atoms with Crippen LogP contribution in [0, 0.1) is 6.92 Å². The van der Waals surface area contributed by atoms with E-state index in [0.717, 1.165) is 34.9 Å². The van der Waals surface area contributed by atoms with Gasteiger partial charge >= 0.3 is 18.6 Å². The molecule has 17 heteroatoms. The molecule has 9 nitrogen and oxygen atoms in total. The maximum Gasteiger partial charge on any atom is 0.573 e. The average molecular weight is 667 g/mol. The summed E-state index contributed by atoms with van der Waals surface area (Å²) in [6.07, 6.45) is -9.93. The molecule has 5 rings (SSSR count). The summed E-state index contributed by atoms with van der Waals surface area (Å²) in [5, 5.41) is 6.27. The van der Waals surface area contributed by atoms with Gasteiger partial charge in [-0.15, -0.1) is 18.3 Å². The number of hydrogen-bond acceptors (Lipinski definition) is 6. The number of thioether (sulfide) groups is 1. The lowest BCUT2D eigenvalue weighted by molar-refractivity contribution is -0.274. The van der Waals surface area contributed by atoms with Crippen LogP contribution in [-0.2, 0) is 11.0 Å². The molecule has 1 N–H and O–H groups in total. The summed E-state index contributed by atoms with van der Waals surface area (Å²) >= 11 is 0.784. The molecule has 2 heterocycles. The number of nitrogens with zero attached hydrogens (tertiary/aromatic N) is 5. The van der Waals surface area contributed by atoms with Crippen LogP contribution in [0.5, 0.6) is 5.75 Å². The normalized spacial score (nSPS) is 15.3. The minimum Gasteiger partial charge on any atom is -0.406 e. The molecule has 1 aliphatic rings. The second kappa shape index (κ2) is 12.8. The number of ether oxygens (including phenoxy) is 1. The van der Waals surface area contributed by atoms with Crippen molar-refractivity contribution in [1.29, 1.82) is 0 Å². The highest BCUT2D eigenvalue weighted by Crippen LogP contribution is 2.40. The average Bonchev–Trinajstić information content (AvgIpc) is 3.62. The molecule has 0 aliphatic carbocycles. The van der Waals surface area contributed by atoms with Gasteiger partial charge in [0.2, 0.25) is 5.91 Å². The zero-order valence-electron chi connectivity index (χ0n) is 23.4. The molecule has 0 radical (unpaired) electrons. The lowest BCUT2D eigenvalue weighted by atomic mass is 10.1. The van der Waals surface area contributed by atoms with Crippen molar-refractivity contribution in [2.24, 2.45) is 4.99 Å². The largest absolute Gasteiger partial charge is 0.573 e. The van der Waals surface area contributed by atoms with Crippen molar-refractivity contribution in [2.75, 3.05) is 17.2 Å². The Morgan fingerprint density at radius 3 is 2.39 bits per heavy atom. The van der Waals surface area contributed by atoms with Crippen LogP contribution >= 0.6 is 11.8 Å². The van der Waals surface area contributed by atoms with Gasteiger partial charge in [-0.2, -0.15) is 18.2 Å². The fourth-order valence-corrected chi connectivity index (χ4v) is 5.19. The maximum atomic E-state index is 15.0. The Hall–Kier alpha value is -4.93. The van der Waals surface area contributed by atoms with Gasteiger partial charge in [0.25, 0.3) is 0 Å². The Morgan fingerprint density at radius 1 is 1.04 bits per heavy atom. The molecule has 1 fully saturated rings. The summed E-state index contributed by atoms with van der Waals surface area (Å²) in [4.78, 5) is 33.6. The van der Waals surface area contributed by atoms with Gasteiger partial charge in [-0.05, 0) is 54.4 Å². The Bertz CT molecular complexity index is 1770. The number of nitrogens with one attached hydrogen (secondary N) is 1. The Morgan fingerprint density at radius 2 is 1.74 bits per heavy atom. The van der Waals surface area contributed by atoms with Gasteiger partial charge in [-0.3, -0.25) is 9.69 Å². The molecule has 240 valence electrons. The zero-order valence-corrected chi connectivity index (χ0v) is 24.3. The van der Waals surface area contributed by atoms with E-state index in [1.165, 1.54) is 59.5 Å². The number of halogens is 7. The molecule has 3 amide bonds. The smallest absolute Gasteiger partial charge is 0.406 e. The van der Waals surface area contributed by atoms with E-state index < -0.39 is 54.2 Å². The second-order valence-electron chi connectivity index (χ2n) is 9.76. The van der Waals surface area contributed by atoms with Crippen molar-refractivity contribution in [1.82, 2.24) is 20.1 Å². The maximum absolute atomic E-state index is 15.0. The van der Waals surface area contributed by atoms with Gasteiger partial charge in [0, 0.05) is 5.56 Å². The summed E-state index contributed by atoms with van der Waals surface area (Å²) in [5.74, 6) is -1.07. The van der Waals surface area contributed by atoms with E-state index >= 15 is 0 Å². The third-order valence-electron chi connectivity index (χ3n) is 6.45. The van der Waals surface area contributed by atoms with E-state index in [2.05, 4.69) is 25.1 Å². The van der Waals surface area contributed by atoms with Crippen LogP contribution in [0.3, 0.4) is 0 Å². The lowest BCUT2D eigenvalue weighted by Crippen LogP contribution is -2.33. The molecular formula is C29H21F7N6O3S. The highest BCUT2D eigenvalue weighted by atomic mass is 32.2. The Balaban J connectivity index is 1.21.